The van der Waals surface area contributed by atoms with Gasteiger partial charge in [0.15, 0.2) is 5.65 Å². The van der Waals surface area contributed by atoms with Crippen LogP contribution in [0.1, 0.15) is 26.8 Å². The number of aromatic nitrogens is 5. The molecule has 0 bridgehead atoms. The van der Waals surface area contributed by atoms with Crippen molar-refractivity contribution < 1.29 is 4.79 Å². The number of hydrogen-bond acceptors (Lipinski definition) is 7. The minimum Gasteiger partial charge on any atom is -0.309 e. The Hall–Kier alpha value is -2.39. The van der Waals surface area contributed by atoms with Gasteiger partial charge >= 0.3 is 0 Å². The minimum absolute atomic E-state index is 0.220. The zero-order chi connectivity index (χ0) is 18.1. The van der Waals surface area contributed by atoms with Gasteiger partial charge < -0.3 is 4.90 Å². The van der Waals surface area contributed by atoms with E-state index in [9.17, 15) is 4.79 Å². The number of aryl methyl sites for hydroxylation is 3. The fourth-order valence-electron chi connectivity index (χ4n) is 2.64. The molecule has 0 aromatic carbocycles. The van der Waals surface area contributed by atoms with E-state index in [0.29, 0.717) is 16.3 Å². The minimum atomic E-state index is -0.220. The molecule has 9 heteroatoms. The fourth-order valence-corrected chi connectivity index (χ4v) is 3.36. The molecule has 0 aliphatic rings. The van der Waals surface area contributed by atoms with E-state index >= 15 is 0 Å². The van der Waals surface area contributed by atoms with E-state index in [2.05, 4.69) is 30.5 Å². The Labute approximate surface area is 149 Å². The van der Waals surface area contributed by atoms with E-state index in [-0.39, 0.29) is 5.91 Å². The van der Waals surface area contributed by atoms with E-state index in [1.54, 1.807) is 10.7 Å². The molecule has 0 radical (unpaired) electrons. The molecular formula is C16H21N7OS. The van der Waals surface area contributed by atoms with Crippen LogP contribution in [0.15, 0.2) is 6.07 Å². The first-order valence-electron chi connectivity index (χ1n) is 7.94. The van der Waals surface area contributed by atoms with Crippen LogP contribution in [0.25, 0.3) is 11.0 Å². The first kappa shape index (κ1) is 17.4. The molecule has 0 saturated carbocycles. The molecule has 1 N–H and O–H groups in total. The smallest absolute Gasteiger partial charge is 0.258 e. The van der Waals surface area contributed by atoms with Crippen molar-refractivity contribution >= 4 is 33.4 Å². The fraction of sp³-hybridized carbons (Fsp3) is 0.438. The van der Waals surface area contributed by atoms with Crippen LogP contribution in [0.4, 0.5) is 5.13 Å². The third-order valence-electron chi connectivity index (χ3n) is 3.80. The van der Waals surface area contributed by atoms with Crippen molar-refractivity contribution in [3.63, 3.8) is 0 Å². The standard InChI is InChI=1S/C16H21N7OS/c1-9-8-11(13-10(2)21-23(5)14(13)17-9)15(24)18-16-20-19-12(25-16)6-7-22(3)4/h8H,6-7H2,1-5H3,(H,18,20,24). The molecule has 0 atom stereocenters. The number of amides is 1. The number of pyridine rings is 1. The van der Waals surface area contributed by atoms with Gasteiger partial charge in [-0.05, 0) is 34.0 Å². The van der Waals surface area contributed by atoms with Crippen LogP contribution in [0.2, 0.25) is 0 Å². The summed E-state index contributed by atoms with van der Waals surface area (Å²) in [6, 6.07) is 1.78. The normalized spacial score (nSPS) is 11.4. The molecular weight excluding hydrogens is 338 g/mol. The van der Waals surface area contributed by atoms with Gasteiger partial charge in [0.2, 0.25) is 5.13 Å². The average molecular weight is 359 g/mol. The number of nitrogens with one attached hydrogen (secondary N) is 1. The Morgan fingerprint density at radius 2 is 2.08 bits per heavy atom. The molecule has 0 saturated heterocycles. The van der Waals surface area contributed by atoms with Crippen LogP contribution in [0.5, 0.6) is 0 Å². The zero-order valence-electron chi connectivity index (χ0n) is 15.0. The Kier molecular flexibility index (Phi) is 4.78. The van der Waals surface area contributed by atoms with Crippen molar-refractivity contribution in [2.75, 3.05) is 26.0 Å². The van der Waals surface area contributed by atoms with Gasteiger partial charge in [0.1, 0.15) is 5.01 Å². The van der Waals surface area contributed by atoms with Gasteiger partial charge in [-0.15, -0.1) is 10.2 Å². The van der Waals surface area contributed by atoms with Gasteiger partial charge in [0.25, 0.3) is 5.91 Å². The van der Waals surface area contributed by atoms with Crippen LogP contribution in [0.3, 0.4) is 0 Å². The van der Waals surface area contributed by atoms with Gasteiger partial charge in [-0.25, -0.2) is 4.98 Å². The predicted octanol–water partition coefficient (Wildman–Crippen LogP) is 1.79. The Morgan fingerprint density at radius 3 is 2.80 bits per heavy atom. The lowest BCUT2D eigenvalue weighted by molar-refractivity contribution is 0.102. The number of rotatable bonds is 5. The van der Waals surface area contributed by atoms with Gasteiger partial charge in [0.05, 0.1) is 16.6 Å². The molecule has 0 aliphatic carbocycles. The number of carbonyl (C=O) groups is 1. The highest BCUT2D eigenvalue weighted by atomic mass is 32.1. The van der Waals surface area contributed by atoms with Crippen LogP contribution >= 0.6 is 11.3 Å². The molecule has 3 aromatic heterocycles. The maximum absolute atomic E-state index is 12.8. The molecule has 8 nitrogen and oxygen atoms in total. The molecule has 0 fully saturated rings. The van der Waals surface area contributed by atoms with E-state index in [0.717, 1.165) is 34.7 Å². The lowest BCUT2D eigenvalue weighted by Crippen LogP contribution is -2.14. The number of carbonyl (C=O) groups excluding carboxylic acids is 1. The summed E-state index contributed by atoms with van der Waals surface area (Å²) in [6.45, 7) is 4.63. The van der Waals surface area contributed by atoms with E-state index in [1.807, 2.05) is 35.0 Å². The first-order valence-corrected chi connectivity index (χ1v) is 8.76. The van der Waals surface area contributed by atoms with Crippen molar-refractivity contribution in [3.8, 4) is 0 Å². The van der Waals surface area contributed by atoms with Crippen molar-refractivity contribution in [3.05, 3.63) is 28.0 Å². The summed E-state index contributed by atoms with van der Waals surface area (Å²) in [4.78, 5) is 19.3. The van der Waals surface area contributed by atoms with Crippen LogP contribution in [-0.2, 0) is 13.5 Å². The highest BCUT2D eigenvalue weighted by molar-refractivity contribution is 7.15. The third kappa shape index (κ3) is 3.67. The molecule has 1 amide bonds. The molecule has 0 unspecified atom stereocenters. The van der Waals surface area contributed by atoms with Crippen LogP contribution < -0.4 is 5.32 Å². The Bertz CT molecular complexity index is 928. The van der Waals surface area contributed by atoms with Gasteiger partial charge in [-0.3, -0.25) is 14.8 Å². The summed E-state index contributed by atoms with van der Waals surface area (Å²) in [7, 11) is 5.85. The summed E-state index contributed by atoms with van der Waals surface area (Å²) in [6.07, 6.45) is 0.806. The topological polar surface area (TPSA) is 88.8 Å². The summed E-state index contributed by atoms with van der Waals surface area (Å²) in [5, 5.41) is 17.6. The van der Waals surface area contributed by atoms with Crippen molar-refractivity contribution in [2.45, 2.75) is 20.3 Å². The number of nitrogens with zero attached hydrogens (tertiary/aromatic N) is 6. The predicted molar refractivity (Wildman–Crippen MR) is 98.1 cm³/mol. The summed E-state index contributed by atoms with van der Waals surface area (Å²) >= 11 is 1.40. The largest absolute Gasteiger partial charge is 0.309 e. The number of fused-ring (bicyclic) bond motifs is 1. The molecule has 3 heterocycles. The second-order valence-electron chi connectivity index (χ2n) is 6.23. The first-order chi connectivity index (χ1) is 11.8. The number of hydrogen-bond donors (Lipinski definition) is 1. The van der Waals surface area contributed by atoms with Crippen molar-refractivity contribution in [1.29, 1.82) is 0 Å². The van der Waals surface area contributed by atoms with E-state index in [4.69, 9.17) is 0 Å². The maximum atomic E-state index is 12.8. The molecule has 0 spiro atoms. The van der Waals surface area contributed by atoms with Crippen LogP contribution in [0, 0.1) is 13.8 Å². The van der Waals surface area contributed by atoms with Crippen LogP contribution in [-0.4, -0.2) is 56.4 Å². The zero-order valence-corrected chi connectivity index (χ0v) is 15.8. The molecule has 0 aliphatic heterocycles. The molecule has 3 rings (SSSR count). The lowest BCUT2D eigenvalue weighted by atomic mass is 10.1. The summed E-state index contributed by atoms with van der Waals surface area (Å²) < 4.78 is 1.69. The molecule has 132 valence electrons. The number of anilines is 1. The van der Waals surface area contributed by atoms with Gasteiger partial charge in [0, 0.05) is 25.7 Å². The monoisotopic (exact) mass is 359 g/mol. The Morgan fingerprint density at radius 1 is 1.32 bits per heavy atom. The van der Waals surface area contributed by atoms with Crippen molar-refractivity contribution in [1.82, 2.24) is 29.9 Å². The summed E-state index contributed by atoms with van der Waals surface area (Å²) in [5.74, 6) is -0.220. The van der Waals surface area contributed by atoms with E-state index in [1.165, 1.54) is 11.3 Å². The lowest BCUT2D eigenvalue weighted by Gasteiger charge is -2.06. The Balaban J connectivity index is 1.86. The SMILES string of the molecule is Cc1cc(C(=O)Nc2nnc(CCN(C)C)s2)c2c(C)nn(C)c2n1. The van der Waals surface area contributed by atoms with Crippen molar-refractivity contribution in [2.24, 2.45) is 7.05 Å². The van der Waals surface area contributed by atoms with E-state index < -0.39 is 0 Å². The second-order valence-corrected chi connectivity index (χ2v) is 7.29. The average Bonchev–Trinajstić information content (AvgIpc) is 3.09. The number of likely N-dealkylation sites (N-methyl/N-ethyl adjacent to an activating group) is 1. The van der Waals surface area contributed by atoms with Gasteiger partial charge in [-0.2, -0.15) is 5.10 Å². The second kappa shape index (κ2) is 6.85. The third-order valence-corrected chi connectivity index (χ3v) is 4.70. The highest BCUT2D eigenvalue weighted by Gasteiger charge is 2.19. The summed E-state index contributed by atoms with van der Waals surface area (Å²) in [5.41, 5.74) is 2.80. The molecule has 25 heavy (non-hydrogen) atoms. The quantitative estimate of drug-likeness (QED) is 0.747. The maximum Gasteiger partial charge on any atom is 0.258 e. The van der Waals surface area contributed by atoms with Gasteiger partial charge in [-0.1, -0.05) is 11.3 Å². The molecule has 3 aromatic rings. The highest BCUT2D eigenvalue weighted by Crippen LogP contribution is 2.23.